The molecule has 0 aromatic heterocycles. The van der Waals surface area contributed by atoms with Crippen LogP contribution >= 0.6 is 23.2 Å². The summed E-state index contributed by atoms with van der Waals surface area (Å²) in [6.45, 7) is -4.75. The molecule has 0 saturated heterocycles. The van der Waals surface area contributed by atoms with Gasteiger partial charge >= 0.3 is 0 Å². The van der Waals surface area contributed by atoms with Gasteiger partial charge in [-0.05, 0) is 0 Å². The Morgan fingerprint density at radius 3 is 2.67 bits per heavy atom. The van der Waals surface area contributed by atoms with Crippen molar-refractivity contribution in [1.29, 1.82) is 0 Å². The quantitative estimate of drug-likeness (QED) is 0.669. The minimum Gasteiger partial charge on any atom is -0.508 e. The number of rotatable bonds is 1. The molecular weight excluding hydrogens is 237 g/mol. The van der Waals surface area contributed by atoms with Crippen molar-refractivity contribution in [3.8, 4) is 5.75 Å². The van der Waals surface area contributed by atoms with Crippen LogP contribution in [-0.2, 0) is 0 Å². The molecule has 0 bridgehead atoms. The molecule has 1 aliphatic rings. The molecule has 15 heavy (non-hydrogen) atoms. The minimum atomic E-state index is -2.41. The number of nitrogens with one attached hydrogen (secondary N) is 2. The highest BCUT2D eigenvalue weighted by Gasteiger charge is 2.11. The number of benzene rings is 1. The molecule has 1 aromatic rings. The lowest BCUT2D eigenvalue weighted by molar-refractivity contribution is 0.475. The first-order valence-electron chi connectivity index (χ1n) is 5.95. The predicted octanol–water partition coefficient (Wildman–Crippen LogP) is 2.07. The van der Waals surface area contributed by atoms with Gasteiger partial charge in [-0.3, -0.25) is 4.99 Å². The van der Waals surface area contributed by atoms with Crippen LogP contribution in [0.25, 0.3) is 0 Å². The smallest absolute Gasteiger partial charge is 0.196 e. The number of phenols is 1. The Morgan fingerprint density at radius 1 is 1.47 bits per heavy atom. The third kappa shape index (κ3) is 2.27. The number of hydrogen-bond donors (Lipinski definition) is 3. The lowest BCUT2D eigenvalue weighted by atomic mass is 10.3. The number of guanidine groups is 1. The van der Waals surface area contributed by atoms with Crippen LogP contribution < -0.4 is 10.6 Å². The van der Waals surface area contributed by atoms with Gasteiger partial charge in [0.05, 0.1) is 27.7 Å². The van der Waals surface area contributed by atoms with Gasteiger partial charge < -0.3 is 15.7 Å². The number of hydrogen-bond acceptors (Lipinski definition) is 4. The zero-order valence-electron chi connectivity index (χ0n) is 11.3. The van der Waals surface area contributed by atoms with Gasteiger partial charge in [0.25, 0.3) is 0 Å². The van der Waals surface area contributed by atoms with Crippen molar-refractivity contribution in [2.75, 3.05) is 18.3 Å². The van der Waals surface area contributed by atoms with Crippen LogP contribution in [0.4, 0.5) is 5.69 Å². The Kier molecular flexibility index (Phi) is 1.79. The zero-order valence-corrected chi connectivity index (χ0v) is 8.82. The summed E-state index contributed by atoms with van der Waals surface area (Å²) >= 11 is 11.8. The molecule has 1 aliphatic heterocycles. The van der Waals surface area contributed by atoms with Gasteiger partial charge in [-0.15, -0.1) is 0 Å². The first kappa shape index (κ1) is 6.45. The van der Waals surface area contributed by atoms with Crippen molar-refractivity contribution in [3.63, 3.8) is 0 Å². The molecule has 0 spiro atoms. The third-order valence-electron chi connectivity index (χ3n) is 1.67. The van der Waals surface area contributed by atoms with Gasteiger partial charge in [0, 0.05) is 18.6 Å². The van der Waals surface area contributed by atoms with E-state index in [0.29, 0.717) is 0 Å². The number of aromatic hydroxyl groups is 1. The maximum Gasteiger partial charge on any atom is 0.196 e. The first-order chi connectivity index (χ1) is 8.62. The summed E-state index contributed by atoms with van der Waals surface area (Å²) in [5.41, 5.74) is 0.195. The molecule has 2 rings (SSSR count). The van der Waals surface area contributed by atoms with Crippen LogP contribution in [0.1, 0.15) is 5.48 Å². The number of anilines is 1. The maximum absolute atomic E-state index is 9.28. The van der Waals surface area contributed by atoms with E-state index in [1.54, 1.807) is 0 Å². The maximum atomic E-state index is 9.28. The molecule has 3 N–H and O–H groups in total. The molecule has 0 unspecified atom stereocenters. The molecule has 0 aliphatic carbocycles. The first-order valence-corrected chi connectivity index (χ1v) is 4.71. The molecule has 80 valence electrons. The minimum absolute atomic E-state index is 0.0996. The lowest BCUT2D eigenvalue weighted by Gasteiger charge is -2.10. The Morgan fingerprint density at radius 2 is 2.13 bits per heavy atom. The molecule has 6 heteroatoms. The number of nitrogens with zero attached hydrogens (tertiary/aromatic N) is 1. The molecule has 1 aromatic carbocycles. The summed E-state index contributed by atoms with van der Waals surface area (Å²) in [7, 11) is 0. The van der Waals surface area contributed by atoms with E-state index in [0.717, 1.165) is 0 Å². The van der Waals surface area contributed by atoms with Crippen LogP contribution in [0.3, 0.4) is 0 Å². The Labute approximate surface area is 103 Å². The fraction of sp³-hybridized carbons (Fsp3) is 0.222. The normalized spacial score (nSPS) is 25.3. The summed E-state index contributed by atoms with van der Waals surface area (Å²) < 4.78 is 29.7. The molecule has 0 radical (unpaired) electrons. The van der Waals surface area contributed by atoms with E-state index in [9.17, 15) is 5.11 Å². The Bertz CT molecular complexity index is 541. The van der Waals surface area contributed by atoms with Gasteiger partial charge in [0.15, 0.2) is 5.96 Å². The number of aliphatic imine (C=N–C) groups is 1. The van der Waals surface area contributed by atoms with E-state index >= 15 is 0 Å². The molecule has 1 heterocycles. The van der Waals surface area contributed by atoms with Crippen molar-refractivity contribution in [3.05, 3.63) is 22.2 Å². The highest BCUT2D eigenvalue weighted by atomic mass is 35.5. The van der Waals surface area contributed by atoms with Crippen LogP contribution in [0.15, 0.2) is 17.1 Å². The van der Waals surface area contributed by atoms with Crippen LogP contribution in [0.2, 0.25) is 10.0 Å². The van der Waals surface area contributed by atoms with Gasteiger partial charge in [-0.1, -0.05) is 23.2 Å². The Balaban J connectivity index is 2.30. The molecular formula is C9H9Cl2N3O. The monoisotopic (exact) mass is 249 g/mol. The fourth-order valence-corrected chi connectivity index (χ4v) is 1.63. The predicted molar refractivity (Wildman–Crippen MR) is 62.1 cm³/mol. The average Bonchev–Trinajstić information content (AvgIpc) is 2.41. The summed E-state index contributed by atoms with van der Waals surface area (Å²) in [5, 5.41) is 14.3. The highest BCUT2D eigenvalue weighted by Crippen LogP contribution is 2.34. The summed E-state index contributed by atoms with van der Waals surface area (Å²) in [4.78, 5) is 3.55. The van der Waals surface area contributed by atoms with Crippen molar-refractivity contribution >= 4 is 34.8 Å². The summed E-state index contributed by atoms with van der Waals surface area (Å²) in [6.07, 6.45) is 0. The Hall–Kier alpha value is -1.13. The third-order valence-corrected chi connectivity index (χ3v) is 2.27. The van der Waals surface area contributed by atoms with Gasteiger partial charge in [0.1, 0.15) is 5.75 Å². The zero-order chi connectivity index (χ0) is 14.4. The highest BCUT2D eigenvalue weighted by molar-refractivity contribution is 6.40. The second-order valence-corrected chi connectivity index (χ2v) is 3.55. The van der Waals surface area contributed by atoms with Gasteiger partial charge in [-0.25, -0.2) is 0 Å². The van der Waals surface area contributed by atoms with Gasteiger partial charge in [-0.2, -0.15) is 0 Å². The van der Waals surface area contributed by atoms with E-state index in [1.807, 2.05) is 0 Å². The molecule has 0 amide bonds. The van der Waals surface area contributed by atoms with E-state index in [1.165, 1.54) is 12.1 Å². The van der Waals surface area contributed by atoms with E-state index in [2.05, 4.69) is 15.6 Å². The standard InChI is InChI=1S/C9H9Cl2N3O/c10-6-3-5(15)4-7(11)8(6)14-9-12-1-2-13-9/h3-4,15H,1-2H2,(H2,12,13,14)/i1D2,2D2. The molecule has 0 fully saturated rings. The lowest BCUT2D eigenvalue weighted by Crippen LogP contribution is -2.26. The van der Waals surface area contributed by atoms with Crippen molar-refractivity contribution in [2.45, 2.75) is 0 Å². The topological polar surface area (TPSA) is 56.7 Å². The van der Waals surface area contributed by atoms with Crippen LogP contribution in [0.5, 0.6) is 5.75 Å². The molecule has 0 atom stereocenters. The summed E-state index contributed by atoms with van der Waals surface area (Å²) in [5.74, 6) is -0.253. The largest absolute Gasteiger partial charge is 0.508 e. The average molecular weight is 250 g/mol. The molecule has 0 saturated carbocycles. The van der Waals surface area contributed by atoms with Crippen molar-refractivity contribution < 1.29 is 10.6 Å². The van der Waals surface area contributed by atoms with E-state index < -0.39 is 13.0 Å². The van der Waals surface area contributed by atoms with E-state index in [-0.39, 0.29) is 27.4 Å². The van der Waals surface area contributed by atoms with Crippen LogP contribution in [0, 0.1) is 0 Å². The second kappa shape index (κ2) is 4.16. The van der Waals surface area contributed by atoms with Crippen LogP contribution in [-0.4, -0.2) is 24.1 Å². The fourth-order valence-electron chi connectivity index (χ4n) is 1.06. The number of halogens is 2. The SMILES string of the molecule is [2H]C1([2H])N=C(Nc2c(Cl)cc(O)cc2Cl)NC1([2H])[2H]. The van der Waals surface area contributed by atoms with Crippen molar-refractivity contribution in [1.82, 2.24) is 5.32 Å². The second-order valence-electron chi connectivity index (χ2n) is 2.73. The number of phenolic OH excluding ortho intramolecular Hbond substituents is 1. The summed E-state index contributed by atoms with van der Waals surface area (Å²) in [6, 6.07) is 2.49. The molecule has 4 nitrogen and oxygen atoms in total. The van der Waals surface area contributed by atoms with Crippen molar-refractivity contribution in [2.24, 2.45) is 4.99 Å². The van der Waals surface area contributed by atoms with Gasteiger partial charge in [0.2, 0.25) is 0 Å². The van der Waals surface area contributed by atoms with E-state index in [4.69, 9.17) is 28.7 Å².